The van der Waals surface area contributed by atoms with E-state index >= 15 is 0 Å². The number of carbonyl (C=O) groups excluding carboxylic acids is 1. The van der Waals surface area contributed by atoms with E-state index in [4.69, 9.17) is 5.11 Å². The first-order valence-corrected chi connectivity index (χ1v) is 10.2. The van der Waals surface area contributed by atoms with Gasteiger partial charge in [0.1, 0.15) is 0 Å². The van der Waals surface area contributed by atoms with Crippen molar-refractivity contribution in [3.05, 3.63) is 78.9 Å². The number of amides is 1. The van der Waals surface area contributed by atoms with E-state index in [2.05, 4.69) is 5.32 Å². The fourth-order valence-corrected chi connectivity index (χ4v) is 3.04. The van der Waals surface area contributed by atoms with Gasteiger partial charge in [0.2, 0.25) is 0 Å². The highest BCUT2D eigenvalue weighted by atomic mass is 16.6. The standard InChI is InChI=1S/C13H16N2O3.C9H9NO4/c1-2-10-5-6-11(15(17)18)7-12(10)13(16)14-8-9-3-4-9;1-2-6-3-4-7(10(13)14)5-8(6)9(11)12/h5-7,9H,2-4,8H2,1H3,(H,14,16);3-5H,2H2,1H3,(H,11,12). The summed E-state index contributed by atoms with van der Waals surface area (Å²) in [7, 11) is 0. The maximum atomic E-state index is 12.0. The molecule has 0 unspecified atom stereocenters. The van der Waals surface area contributed by atoms with Crippen molar-refractivity contribution < 1.29 is 24.5 Å². The minimum atomic E-state index is -1.13. The summed E-state index contributed by atoms with van der Waals surface area (Å²) in [6.07, 6.45) is 3.55. The van der Waals surface area contributed by atoms with Crippen LogP contribution in [0.3, 0.4) is 0 Å². The molecular formula is C22H25N3O7. The Morgan fingerprint density at radius 2 is 1.41 bits per heavy atom. The van der Waals surface area contributed by atoms with Crippen LogP contribution in [0.2, 0.25) is 0 Å². The molecule has 1 fully saturated rings. The number of benzene rings is 2. The lowest BCUT2D eigenvalue weighted by atomic mass is 10.0. The molecule has 1 amide bonds. The van der Waals surface area contributed by atoms with Gasteiger partial charge < -0.3 is 10.4 Å². The Morgan fingerprint density at radius 3 is 1.81 bits per heavy atom. The molecule has 10 nitrogen and oxygen atoms in total. The van der Waals surface area contributed by atoms with Crippen LogP contribution in [0.1, 0.15) is 58.5 Å². The van der Waals surface area contributed by atoms with E-state index in [-0.39, 0.29) is 22.8 Å². The molecule has 0 radical (unpaired) electrons. The number of nitrogens with zero attached hydrogens (tertiary/aromatic N) is 2. The molecule has 3 rings (SSSR count). The number of aryl methyl sites for hydroxylation is 2. The molecule has 32 heavy (non-hydrogen) atoms. The normalized spacial score (nSPS) is 12.3. The third kappa shape index (κ3) is 6.59. The van der Waals surface area contributed by atoms with Crippen LogP contribution in [-0.4, -0.2) is 33.4 Å². The van der Waals surface area contributed by atoms with Gasteiger partial charge in [-0.3, -0.25) is 25.0 Å². The quantitative estimate of drug-likeness (QED) is 0.459. The molecule has 1 aliphatic carbocycles. The van der Waals surface area contributed by atoms with Crippen LogP contribution in [0.25, 0.3) is 0 Å². The summed E-state index contributed by atoms with van der Waals surface area (Å²) >= 11 is 0. The summed E-state index contributed by atoms with van der Waals surface area (Å²) in [5, 5.41) is 32.7. The number of carboxylic acid groups (broad SMARTS) is 1. The average Bonchev–Trinajstić information content (AvgIpc) is 3.61. The summed E-state index contributed by atoms with van der Waals surface area (Å²) in [5.41, 5.74) is 1.63. The number of nitro groups is 2. The molecule has 0 heterocycles. The Balaban J connectivity index is 0.000000235. The molecule has 2 N–H and O–H groups in total. The number of hydrogen-bond donors (Lipinski definition) is 2. The topological polar surface area (TPSA) is 153 Å². The summed E-state index contributed by atoms with van der Waals surface area (Å²) in [6.45, 7) is 4.40. The molecule has 1 saturated carbocycles. The van der Waals surface area contributed by atoms with E-state index < -0.39 is 15.8 Å². The van der Waals surface area contributed by atoms with Gasteiger partial charge in [0.15, 0.2) is 0 Å². The summed E-state index contributed by atoms with van der Waals surface area (Å²) in [6, 6.07) is 8.33. The Hall–Kier alpha value is -3.82. The van der Waals surface area contributed by atoms with Gasteiger partial charge in [-0.2, -0.15) is 0 Å². The molecule has 2 aromatic carbocycles. The van der Waals surface area contributed by atoms with Crippen molar-refractivity contribution in [1.29, 1.82) is 0 Å². The van der Waals surface area contributed by atoms with Crippen LogP contribution in [0.4, 0.5) is 11.4 Å². The van der Waals surface area contributed by atoms with Crippen LogP contribution in [0, 0.1) is 26.1 Å². The fourth-order valence-electron chi connectivity index (χ4n) is 3.04. The predicted molar refractivity (Wildman–Crippen MR) is 117 cm³/mol. The molecule has 0 saturated heterocycles. The second kappa shape index (κ2) is 11.0. The lowest BCUT2D eigenvalue weighted by molar-refractivity contribution is -0.385. The molecule has 1 aliphatic rings. The number of carboxylic acids is 1. The highest BCUT2D eigenvalue weighted by Crippen LogP contribution is 2.28. The molecule has 0 atom stereocenters. The molecule has 0 aliphatic heterocycles. The van der Waals surface area contributed by atoms with Crippen molar-refractivity contribution >= 4 is 23.3 Å². The minimum absolute atomic E-state index is 0.00157. The summed E-state index contributed by atoms with van der Waals surface area (Å²) < 4.78 is 0. The van der Waals surface area contributed by atoms with Crippen LogP contribution >= 0.6 is 0 Å². The lowest BCUT2D eigenvalue weighted by Gasteiger charge is -2.08. The van der Waals surface area contributed by atoms with E-state index in [0.717, 1.165) is 24.5 Å². The molecule has 0 bridgehead atoms. The SMILES string of the molecule is CCc1ccc([N+](=O)[O-])cc1C(=O)NCC1CC1.CCc1ccc([N+](=O)[O-])cc1C(=O)O. The Labute approximate surface area is 184 Å². The zero-order valence-corrected chi connectivity index (χ0v) is 17.9. The van der Waals surface area contributed by atoms with Crippen molar-refractivity contribution in [3.8, 4) is 0 Å². The molecule has 170 valence electrons. The lowest BCUT2D eigenvalue weighted by Crippen LogP contribution is -2.26. The largest absolute Gasteiger partial charge is 0.478 e. The second-order valence-electron chi connectivity index (χ2n) is 7.36. The maximum absolute atomic E-state index is 12.0. The van der Waals surface area contributed by atoms with Crippen molar-refractivity contribution in [2.24, 2.45) is 5.92 Å². The van der Waals surface area contributed by atoms with E-state index in [0.29, 0.717) is 36.4 Å². The van der Waals surface area contributed by atoms with Gasteiger partial charge in [-0.25, -0.2) is 4.79 Å². The highest BCUT2D eigenvalue weighted by Gasteiger charge is 2.23. The summed E-state index contributed by atoms with van der Waals surface area (Å²) in [4.78, 5) is 42.8. The zero-order chi connectivity index (χ0) is 23.8. The smallest absolute Gasteiger partial charge is 0.336 e. The predicted octanol–water partition coefficient (Wildman–Crippen LogP) is 4.15. The van der Waals surface area contributed by atoms with Crippen molar-refractivity contribution in [2.75, 3.05) is 6.54 Å². The first-order chi connectivity index (χ1) is 15.2. The van der Waals surface area contributed by atoms with Crippen LogP contribution in [-0.2, 0) is 12.8 Å². The van der Waals surface area contributed by atoms with Gasteiger partial charge in [-0.05, 0) is 42.7 Å². The van der Waals surface area contributed by atoms with Crippen molar-refractivity contribution in [3.63, 3.8) is 0 Å². The Morgan fingerprint density at radius 1 is 0.938 bits per heavy atom. The van der Waals surface area contributed by atoms with E-state index in [1.165, 1.54) is 24.3 Å². The maximum Gasteiger partial charge on any atom is 0.336 e. The number of aromatic carboxylic acids is 1. The second-order valence-corrected chi connectivity index (χ2v) is 7.36. The van der Waals surface area contributed by atoms with Gasteiger partial charge in [-0.15, -0.1) is 0 Å². The first kappa shape index (κ1) is 24.4. The average molecular weight is 443 g/mol. The van der Waals surface area contributed by atoms with Gasteiger partial charge >= 0.3 is 5.97 Å². The minimum Gasteiger partial charge on any atom is -0.478 e. The fraction of sp³-hybridized carbons (Fsp3) is 0.364. The number of nitrogens with one attached hydrogen (secondary N) is 1. The Bertz CT molecular complexity index is 1030. The number of nitro benzene ring substituents is 2. The number of non-ortho nitro benzene ring substituents is 2. The van der Waals surface area contributed by atoms with E-state index in [1.807, 2.05) is 6.92 Å². The third-order valence-corrected chi connectivity index (χ3v) is 5.09. The molecular weight excluding hydrogens is 418 g/mol. The first-order valence-electron chi connectivity index (χ1n) is 10.2. The number of carbonyl (C=O) groups is 2. The van der Waals surface area contributed by atoms with Gasteiger partial charge in [0.25, 0.3) is 17.3 Å². The molecule has 0 spiro atoms. The zero-order valence-electron chi connectivity index (χ0n) is 17.9. The van der Waals surface area contributed by atoms with Gasteiger partial charge in [0, 0.05) is 36.4 Å². The monoisotopic (exact) mass is 443 g/mol. The van der Waals surface area contributed by atoms with Crippen LogP contribution in [0.15, 0.2) is 36.4 Å². The van der Waals surface area contributed by atoms with E-state index in [1.54, 1.807) is 13.0 Å². The number of hydrogen-bond acceptors (Lipinski definition) is 6. The van der Waals surface area contributed by atoms with Crippen LogP contribution in [0.5, 0.6) is 0 Å². The number of rotatable bonds is 8. The van der Waals surface area contributed by atoms with E-state index in [9.17, 15) is 29.8 Å². The molecule has 10 heteroatoms. The molecule has 2 aromatic rings. The Kier molecular flexibility index (Phi) is 8.39. The molecule has 0 aromatic heterocycles. The van der Waals surface area contributed by atoms with Crippen molar-refractivity contribution in [2.45, 2.75) is 39.5 Å². The highest BCUT2D eigenvalue weighted by molar-refractivity contribution is 5.96. The van der Waals surface area contributed by atoms with Crippen LogP contribution < -0.4 is 5.32 Å². The van der Waals surface area contributed by atoms with Gasteiger partial charge in [-0.1, -0.05) is 26.0 Å². The summed E-state index contributed by atoms with van der Waals surface area (Å²) in [5.74, 6) is -0.745. The third-order valence-electron chi connectivity index (χ3n) is 5.09. The van der Waals surface area contributed by atoms with Gasteiger partial charge in [0.05, 0.1) is 15.4 Å². The van der Waals surface area contributed by atoms with Crippen molar-refractivity contribution in [1.82, 2.24) is 5.32 Å².